The van der Waals surface area contributed by atoms with Crippen LogP contribution in [-0.2, 0) is 7.05 Å². The van der Waals surface area contributed by atoms with Crippen molar-refractivity contribution in [2.45, 2.75) is 47.5 Å². The van der Waals surface area contributed by atoms with Gasteiger partial charge in [0.15, 0.2) is 5.69 Å². The number of aryl methyl sites for hydroxylation is 2. The molecule has 130 valence electrons. The van der Waals surface area contributed by atoms with Crippen LogP contribution in [0.15, 0.2) is 30.3 Å². The van der Waals surface area contributed by atoms with Gasteiger partial charge in [0.1, 0.15) is 12.9 Å². The summed E-state index contributed by atoms with van der Waals surface area (Å²) in [4.78, 5) is 0. The second-order valence-electron chi connectivity index (χ2n) is 7.45. The fourth-order valence-electron chi connectivity index (χ4n) is 3.50. The second kappa shape index (κ2) is 6.25. The lowest BCUT2D eigenvalue weighted by Crippen LogP contribution is -2.35. The van der Waals surface area contributed by atoms with Gasteiger partial charge >= 0.3 is 0 Å². The van der Waals surface area contributed by atoms with Crippen molar-refractivity contribution in [3.8, 4) is 11.3 Å². The first kappa shape index (κ1) is 16.3. The summed E-state index contributed by atoms with van der Waals surface area (Å²) in [5, 5.41) is 1.23. The molecule has 0 atom stereocenters. The van der Waals surface area contributed by atoms with Crippen molar-refractivity contribution in [2.24, 2.45) is 7.05 Å². The molecule has 1 nitrogen and oxygen atoms in total. The second-order valence-corrected chi connectivity index (χ2v) is 7.45. The fraction of sp³-hybridized carbons (Fsp3) is 0.348. The largest absolute Gasteiger partial charge is 0.220 e. The molecule has 0 bridgehead atoms. The molecule has 1 aromatic heterocycles. The molecule has 25 heavy (non-hydrogen) atoms. The predicted octanol–water partition coefficient (Wildman–Crippen LogP) is 5.83. The van der Waals surface area contributed by atoms with Crippen LogP contribution in [0.3, 0.4) is 0 Å². The molecular formula is C23H27FN+. The molecule has 0 aliphatic heterocycles. The van der Waals surface area contributed by atoms with Gasteiger partial charge < -0.3 is 0 Å². The van der Waals surface area contributed by atoms with E-state index in [-0.39, 0.29) is 17.8 Å². The molecule has 0 N–H and O–H groups in total. The fourth-order valence-corrected chi connectivity index (χ4v) is 3.50. The summed E-state index contributed by atoms with van der Waals surface area (Å²) in [6.07, 6.45) is 0. The molecular weight excluding hydrogens is 309 g/mol. The zero-order valence-electron chi connectivity index (χ0n) is 17.2. The van der Waals surface area contributed by atoms with Gasteiger partial charge in [-0.3, -0.25) is 0 Å². The minimum Gasteiger partial charge on any atom is -0.206 e. The van der Waals surface area contributed by atoms with Crippen LogP contribution in [0.25, 0.3) is 22.0 Å². The van der Waals surface area contributed by atoms with Crippen molar-refractivity contribution in [3.05, 3.63) is 64.1 Å². The molecule has 3 aromatic rings. The van der Waals surface area contributed by atoms with Crippen molar-refractivity contribution in [1.82, 2.24) is 0 Å². The molecule has 0 amide bonds. The van der Waals surface area contributed by atoms with Crippen LogP contribution >= 0.6 is 0 Å². The van der Waals surface area contributed by atoms with E-state index in [1.807, 2.05) is 18.5 Å². The van der Waals surface area contributed by atoms with Gasteiger partial charge in [0.05, 0.1) is 12.3 Å². The van der Waals surface area contributed by atoms with E-state index in [2.05, 4.69) is 52.8 Å². The standard InChI is InChI=1S/C23H27FN/c1-13(2)18-11-21-20(22(24)12-18)10-16(5)25(7)23(21)19-9-14(3)8-15(4)17(19)6/h8-13H,1-7H3/q+1/i10D. The van der Waals surface area contributed by atoms with E-state index in [0.717, 1.165) is 27.9 Å². The Morgan fingerprint density at radius 3 is 2.32 bits per heavy atom. The molecule has 0 fully saturated rings. The first-order valence-electron chi connectivity index (χ1n) is 9.34. The molecule has 0 aliphatic rings. The molecule has 2 heteroatoms. The molecule has 0 aliphatic carbocycles. The van der Waals surface area contributed by atoms with E-state index in [1.165, 1.54) is 16.7 Å². The van der Waals surface area contributed by atoms with Crippen LogP contribution in [0.2, 0.25) is 0 Å². The molecule has 1 heterocycles. The third kappa shape index (κ3) is 2.95. The van der Waals surface area contributed by atoms with Gasteiger partial charge in [-0.2, -0.15) is 4.57 Å². The molecule has 0 unspecified atom stereocenters. The summed E-state index contributed by atoms with van der Waals surface area (Å²) in [6, 6.07) is 8.25. The van der Waals surface area contributed by atoms with E-state index in [4.69, 9.17) is 1.37 Å². The number of pyridine rings is 1. The Morgan fingerprint density at radius 1 is 1.00 bits per heavy atom. The lowest BCUT2D eigenvalue weighted by atomic mass is 9.92. The normalized spacial score (nSPS) is 12.1. The zero-order valence-corrected chi connectivity index (χ0v) is 16.2. The zero-order chi connectivity index (χ0) is 19.3. The molecule has 3 rings (SSSR count). The third-order valence-electron chi connectivity index (χ3n) is 5.25. The van der Waals surface area contributed by atoms with Crippen molar-refractivity contribution < 1.29 is 10.3 Å². The lowest BCUT2D eigenvalue weighted by molar-refractivity contribution is -0.665. The highest BCUT2D eigenvalue weighted by atomic mass is 19.1. The van der Waals surface area contributed by atoms with Crippen LogP contribution in [0.1, 0.15) is 49.1 Å². The van der Waals surface area contributed by atoms with E-state index in [0.29, 0.717) is 5.39 Å². The van der Waals surface area contributed by atoms with Gasteiger partial charge in [-0.25, -0.2) is 4.39 Å². The summed E-state index contributed by atoms with van der Waals surface area (Å²) >= 11 is 0. The Bertz CT molecular complexity index is 1030. The maximum atomic E-state index is 15.0. The Labute approximate surface area is 151 Å². The Hall–Kier alpha value is -2.22. The number of hydrogen-bond donors (Lipinski definition) is 0. The highest BCUT2D eigenvalue weighted by Crippen LogP contribution is 2.34. The van der Waals surface area contributed by atoms with Crippen LogP contribution < -0.4 is 4.57 Å². The highest BCUT2D eigenvalue weighted by Gasteiger charge is 2.23. The minimum absolute atomic E-state index is 0.225. The number of aromatic nitrogens is 1. The van der Waals surface area contributed by atoms with Crippen molar-refractivity contribution in [1.29, 1.82) is 0 Å². The summed E-state index contributed by atoms with van der Waals surface area (Å²) in [7, 11) is 1.97. The average molecular weight is 337 g/mol. The molecule has 2 aromatic carbocycles. The monoisotopic (exact) mass is 337 g/mol. The number of halogens is 1. The molecule has 0 radical (unpaired) electrons. The van der Waals surface area contributed by atoms with E-state index in [1.54, 1.807) is 6.07 Å². The Morgan fingerprint density at radius 2 is 1.68 bits per heavy atom. The SMILES string of the molecule is [2H]c1c(C)[n+](C)c(-c2cc(C)cc(C)c2C)c2cc(C(C)C)cc(F)c12. The van der Waals surface area contributed by atoms with E-state index >= 15 is 4.39 Å². The maximum absolute atomic E-state index is 15.0. The molecule has 0 saturated heterocycles. The van der Waals surface area contributed by atoms with Gasteiger partial charge in [-0.1, -0.05) is 25.5 Å². The smallest absolute Gasteiger partial charge is 0.206 e. The Balaban J connectivity index is 2.57. The minimum atomic E-state index is -0.303. The number of fused-ring (bicyclic) bond motifs is 1. The summed E-state index contributed by atoms with van der Waals surface area (Å²) in [5.74, 6) is -0.0777. The molecule has 0 spiro atoms. The first-order chi connectivity index (χ1) is 12.1. The quantitative estimate of drug-likeness (QED) is 0.518. The van der Waals surface area contributed by atoms with Gasteiger partial charge in [0.25, 0.3) is 0 Å². The first-order valence-corrected chi connectivity index (χ1v) is 8.84. The summed E-state index contributed by atoms with van der Waals surface area (Å²) in [5.41, 5.74) is 7.42. The van der Waals surface area contributed by atoms with Crippen LogP contribution in [0.4, 0.5) is 4.39 Å². The van der Waals surface area contributed by atoms with Crippen LogP contribution in [0, 0.1) is 33.5 Å². The van der Waals surface area contributed by atoms with Crippen molar-refractivity contribution in [3.63, 3.8) is 0 Å². The third-order valence-corrected chi connectivity index (χ3v) is 5.25. The number of rotatable bonds is 2. The number of nitrogens with zero attached hydrogens (tertiary/aromatic N) is 1. The van der Waals surface area contributed by atoms with Gasteiger partial charge in [0.2, 0.25) is 5.69 Å². The number of benzene rings is 2. The lowest BCUT2D eigenvalue weighted by Gasteiger charge is -2.15. The van der Waals surface area contributed by atoms with Crippen molar-refractivity contribution >= 4 is 10.8 Å². The van der Waals surface area contributed by atoms with Crippen LogP contribution in [-0.4, -0.2) is 0 Å². The summed E-state index contributed by atoms with van der Waals surface area (Å²) < 4.78 is 25.5. The van der Waals surface area contributed by atoms with Gasteiger partial charge in [0, 0.05) is 18.4 Å². The predicted molar refractivity (Wildman–Crippen MR) is 104 cm³/mol. The molecule has 0 saturated carbocycles. The average Bonchev–Trinajstić information content (AvgIpc) is 2.56. The van der Waals surface area contributed by atoms with Crippen molar-refractivity contribution in [2.75, 3.05) is 0 Å². The van der Waals surface area contributed by atoms with Gasteiger partial charge in [-0.05, 0) is 61.6 Å². The summed E-state index contributed by atoms with van der Waals surface area (Å²) in [6.45, 7) is 12.3. The van der Waals surface area contributed by atoms with E-state index in [9.17, 15) is 0 Å². The van der Waals surface area contributed by atoms with E-state index < -0.39 is 0 Å². The topological polar surface area (TPSA) is 3.88 Å². The number of hydrogen-bond acceptors (Lipinski definition) is 0. The Kier molecular flexibility index (Phi) is 4.07. The van der Waals surface area contributed by atoms with Crippen LogP contribution in [0.5, 0.6) is 0 Å². The highest BCUT2D eigenvalue weighted by molar-refractivity contribution is 5.95. The maximum Gasteiger partial charge on any atom is 0.220 e. The van der Waals surface area contributed by atoms with Gasteiger partial charge in [-0.15, -0.1) is 0 Å².